The highest BCUT2D eigenvalue weighted by Crippen LogP contribution is 2.26. The molecule has 0 aliphatic carbocycles. The third-order valence-electron chi connectivity index (χ3n) is 2.41. The molecule has 1 atom stereocenters. The lowest BCUT2D eigenvalue weighted by Crippen LogP contribution is -2.09. The van der Waals surface area contributed by atoms with Gasteiger partial charge in [0.25, 0.3) is 0 Å². The van der Waals surface area contributed by atoms with Gasteiger partial charge in [-0.25, -0.2) is 0 Å². The fourth-order valence-electron chi connectivity index (χ4n) is 1.58. The monoisotopic (exact) mass is 281 g/mol. The quantitative estimate of drug-likeness (QED) is 0.916. The van der Waals surface area contributed by atoms with Gasteiger partial charge in [0.15, 0.2) is 0 Å². The Hall–Kier alpha value is -1.20. The van der Waals surface area contributed by atoms with E-state index < -0.39 is 6.10 Å². The van der Waals surface area contributed by atoms with E-state index in [9.17, 15) is 5.11 Å². The van der Waals surface area contributed by atoms with E-state index in [1.807, 2.05) is 19.1 Å². The summed E-state index contributed by atoms with van der Waals surface area (Å²) in [5.41, 5.74) is 2.41. The molecule has 0 aliphatic rings. The molecule has 0 saturated heterocycles. The molecule has 0 fully saturated rings. The maximum absolute atomic E-state index is 10.2. The Morgan fingerprint density at radius 3 is 2.81 bits per heavy atom. The number of aliphatic hydroxyl groups is 1. The van der Waals surface area contributed by atoms with E-state index in [-0.39, 0.29) is 0 Å². The van der Waals surface area contributed by atoms with Crippen molar-refractivity contribution < 1.29 is 5.11 Å². The lowest BCUT2D eigenvalue weighted by molar-refractivity contribution is 0.204. The largest absolute Gasteiger partial charge is 0.380 e. The summed E-state index contributed by atoms with van der Waals surface area (Å²) in [4.78, 5) is 4.17. The molecule has 2 aromatic rings. The molecule has 1 N–H and O–H groups in total. The third kappa shape index (κ3) is 2.01. The first-order valence-electron chi connectivity index (χ1n) is 4.87. The topological polar surface area (TPSA) is 50.9 Å². The second kappa shape index (κ2) is 4.35. The molecule has 2 heterocycles. The molecule has 0 bridgehead atoms. The van der Waals surface area contributed by atoms with Crippen molar-refractivity contribution in [2.24, 2.45) is 7.05 Å². The maximum atomic E-state index is 10.2. The third-order valence-corrected chi connectivity index (χ3v) is 3.02. The number of hydrogen-bond donors (Lipinski definition) is 1. The van der Waals surface area contributed by atoms with Crippen molar-refractivity contribution in [3.63, 3.8) is 0 Å². The number of halogens is 1. The number of aryl methyl sites for hydroxylation is 2. The summed E-state index contributed by atoms with van der Waals surface area (Å²) in [6.45, 7) is 1.97. The van der Waals surface area contributed by atoms with Gasteiger partial charge in [0.05, 0.1) is 22.1 Å². The maximum Gasteiger partial charge on any atom is 0.139 e. The normalized spacial score (nSPS) is 12.8. The zero-order chi connectivity index (χ0) is 11.7. The van der Waals surface area contributed by atoms with Gasteiger partial charge in [0, 0.05) is 13.2 Å². The van der Waals surface area contributed by atoms with E-state index >= 15 is 0 Å². The van der Waals surface area contributed by atoms with Crippen molar-refractivity contribution in [3.8, 4) is 0 Å². The van der Waals surface area contributed by atoms with Crippen LogP contribution in [0.2, 0.25) is 0 Å². The summed E-state index contributed by atoms with van der Waals surface area (Å²) in [7, 11) is 1.79. The van der Waals surface area contributed by atoms with Gasteiger partial charge in [-0.15, -0.1) is 0 Å². The molecule has 0 radical (unpaired) electrons. The molecule has 0 aliphatic heterocycles. The average molecular weight is 282 g/mol. The minimum atomic E-state index is -0.762. The zero-order valence-electron chi connectivity index (χ0n) is 9.05. The summed E-state index contributed by atoms with van der Waals surface area (Å²) in [5.74, 6) is 0. The SMILES string of the molecule is Cc1ccnc(C(O)c2c(Br)cnn2C)c1. The molecule has 5 heteroatoms. The van der Waals surface area contributed by atoms with Gasteiger partial charge in [0.2, 0.25) is 0 Å². The van der Waals surface area contributed by atoms with Crippen molar-refractivity contribution in [3.05, 3.63) is 46.0 Å². The summed E-state index contributed by atoms with van der Waals surface area (Å²) >= 11 is 3.36. The first-order chi connectivity index (χ1) is 7.59. The Balaban J connectivity index is 2.43. The zero-order valence-corrected chi connectivity index (χ0v) is 10.6. The van der Waals surface area contributed by atoms with E-state index in [1.165, 1.54) is 0 Å². The molecular weight excluding hydrogens is 270 g/mol. The van der Waals surface area contributed by atoms with E-state index in [0.717, 1.165) is 10.0 Å². The standard InChI is InChI=1S/C11H12BrN3O/c1-7-3-4-13-9(5-7)11(16)10-8(12)6-14-15(10)2/h3-6,11,16H,1-2H3. The van der Waals surface area contributed by atoms with Crippen LogP contribution in [-0.4, -0.2) is 19.9 Å². The summed E-state index contributed by atoms with van der Waals surface area (Å²) < 4.78 is 2.42. The van der Waals surface area contributed by atoms with E-state index in [2.05, 4.69) is 26.0 Å². The lowest BCUT2D eigenvalue weighted by atomic mass is 10.1. The Morgan fingerprint density at radius 1 is 1.50 bits per heavy atom. The van der Waals surface area contributed by atoms with E-state index in [0.29, 0.717) is 11.4 Å². The fraction of sp³-hybridized carbons (Fsp3) is 0.273. The molecule has 2 rings (SSSR count). The predicted octanol–water partition coefficient (Wildman–Crippen LogP) is 1.97. The first kappa shape index (κ1) is 11.3. The highest BCUT2D eigenvalue weighted by Gasteiger charge is 2.19. The summed E-state index contributed by atoms with van der Waals surface area (Å²) in [6, 6.07) is 3.76. The van der Waals surface area contributed by atoms with Crippen molar-refractivity contribution in [1.29, 1.82) is 0 Å². The number of aromatic nitrogens is 3. The van der Waals surface area contributed by atoms with Crippen LogP contribution >= 0.6 is 15.9 Å². The molecular formula is C11H12BrN3O. The van der Waals surface area contributed by atoms with Gasteiger partial charge in [-0.2, -0.15) is 5.10 Å². The van der Waals surface area contributed by atoms with Crippen molar-refractivity contribution in [2.75, 3.05) is 0 Å². The summed E-state index contributed by atoms with van der Waals surface area (Å²) in [5, 5.41) is 14.3. The Labute approximate surface area is 102 Å². The van der Waals surface area contributed by atoms with Gasteiger partial charge in [-0.3, -0.25) is 9.67 Å². The lowest BCUT2D eigenvalue weighted by Gasteiger charge is -2.11. The molecule has 2 aromatic heterocycles. The van der Waals surface area contributed by atoms with Gasteiger partial charge in [0.1, 0.15) is 6.10 Å². The Morgan fingerprint density at radius 2 is 2.25 bits per heavy atom. The van der Waals surface area contributed by atoms with Gasteiger partial charge >= 0.3 is 0 Å². The number of rotatable bonds is 2. The second-order valence-corrected chi connectivity index (χ2v) is 4.52. The highest BCUT2D eigenvalue weighted by atomic mass is 79.9. The molecule has 0 spiro atoms. The van der Waals surface area contributed by atoms with E-state index in [1.54, 1.807) is 24.1 Å². The molecule has 16 heavy (non-hydrogen) atoms. The fourth-order valence-corrected chi connectivity index (χ4v) is 2.14. The van der Waals surface area contributed by atoms with Gasteiger partial charge < -0.3 is 5.11 Å². The Bertz CT molecular complexity index is 490. The molecule has 0 saturated carbocycles. The molecule has 0 aromatic carbocycles. The Kier molecular flexibility index (Phi) is 3.07. The van der Waals surface area contributed by atoms with Crippen LogP contribution in [0.25, 0.3) is 0 Å². The van der Waals surface area contributed by atoms with Crippen LogP contribution in [0, 0.1) is 6.92 Å². The minimum Gasteiger partial charge on any atom is -0.380 e. The van der Waals surface area contributed by atoms with Crippen LogP contribution in [0.3, 0.4) is 0 Å². The van der Waals surface area contributed by atoms with Crippen molar-refractivity contribution in [1.82, 2.24) is 14.8 Å². The molecule has 4 nitrogen and oxygen atoms in total. The van der Waals surface area contributed by atoms with Crippen LogP contribution < -0.4 is 0 Å². The first-order valence-corrected chi connectivity index (χ1v) is 5.67. The average Bonchev–Trinajstić information content (AvgIpc) is 2.58. The predicted molar refractivity (Wildman–Crippen MR) is 63.9 cm³/mol. The number of nitrogens with zero attached hydrogens (tertiary/aromatic N) is 3. The summed E-state index contributed by atoms with van der Waals surface area (Å²) in [6.07, 6.45) is 2.59. The van der Waals surface area contributed by atoms with Crippen LogP contribution in [-0.2, 0) is 7.05 Å². The van der Waals surface area contributed by atoms with Crippen LogP contribution in [0.5, 0.6) is 0 Å². The molecule has 1 unspecified atom stereocenters. The van der Waals surface area contributed by atoms with Crippen LogP contribution in [0.1, 0.15) is 23.1 Å². The number of pyridine rings is 1. The smallest absolute Gasteiger partial charge is 0.139 e. The highest BCUT2D eigenvalue weighted by molar-refractivity contribution is 9.10. The second-order valence-electron chi connectivity index (χ2n) is 3.66. The van der Waals surface area contributed by atoms with Crippen LogP contribution in [0.15, 0.2) is 29.0 Å². The van der Waals surface area contributed by atoms with Crippen molar-refractivity contribution in [2.45, 2.75) is 13.0 Å². The number of hydrogen-bond acceptors (Lipinski definition) is 3. The van der Waals surface area contributed by atoms with E-state index in [4.69, 9.17) is 0 Å². The van der Waals surface area contributed by atoms with Crippen LogP contribution in [0.4, 0.5) is 0 Å². The number of aliphatic hydroxyl groups excluding tert-OH is 1. The van der Waals surface area contributed by atoms with Gasteiger partial charge in [-0.05, 0) is 40.5 Å². The molecule has 84 valence electrons. The van der Waals surface area contributed by atoms with Crippen molar-refractivity contribution >= 4 is 15.9 Å². The van der Waals surface area contributed by atoms with Gasteiger partial charge in [-0.1, -0.05) is 0 Å². The molecule has 0 amide bonds. The minimum absolute atomic E-state index is 0.629.